The first-order chi connectivity index (χ1) is 9.15. The summed E-state index contributed by atoms with van der Waals surface area (Å²) < 4.78 is 0. The van der Waals surface area contributed by atoms with Crippen molar-refractivity contribution < 1.29 is 0 Å². The minimum Gasteiger partial charge on any atom is -0.311 e. The van der Waals surface area contributed by atoms with Gasteiger partial charge in [-0.25, -0.2) is 4.98 Å². The molecule has 5 nitrogen and oxygen atoms in total. The average molecular weight is 278 g/mol. The highest BCUT2D eigenvalue weighted by Crippen LogP contribution is 2.23. The number of rotatable bonds is 2. The van der Waals surface area contributed by atoms with Gasteiger partial charge in [0.1, 0.15) is 5.69 Å². The first-order valence-corrected chi connectivity index (χ1v) is 6.84. The van der Waals surface area contributed by atoms with Gasteiger partial charge in [0.15, 0.2) is 5.82 Å². The van der Waals surface area contributed by atoms with Gasteiger partial charge in [-0.05, 0) is 17.5 Å². The summed E-state index contributed by atoms with van der Waals surface area (Å²) in [4.78, 5) is 5.94. The lowest BCUT2D eigenvalue weighted by Crippen LogP contribution is -2.23. The quantitative estimate of drug-likeness (QED) is 0.913. The molecule has 1 N–H and O–H groups in total. The van der Waals surface area contributed by atoms with Crippen molar-refractivity contribution in [3.8, 4) is 5.82 Å². The largest absolute Gasteiger partial charge is 0.311 e. The number of nitrogens with zero attached hydrogens (tertiary/aromatic N) is 4. The monoisotopic (exact) mass is 277 g/mol. The molecule has 0 unspecified atom stereocenters. The lowest BCUT2D eigenvalue weighted by atomic mass is 10.1. The van der Waals surface area contributed by atoms with Gasteiger partial charge in [0.2, 0.25) is 0 Å². The first-order valence-electron chi connectivity index (χ1n) is 6.47. The van der Waals surface area contributed by atoms with Gasteiger partial charge in [-0.15, -0.1) is 4.80 Å². The molecule has 3 rings (SSSR count). The van der Waals surface area contributed by atoms with Crippen LogP contribution in [-0.2, 0) is 13.0 Å². The van der Waals surface area contributed by atoms with Gasteiger partial charge in [0, 0.05) is 25.7 Å². The molecule has 0 atom stereocenters. The molecule has 0 radical (unpaired) electrons. The first kappa shape index (κ1) is 12.6. The molecule has 0 amide bonds. The molecule has 100 valence electrons. The van der Waals surface area contributed by atoms with Gasteiger partial charge >= 0.3 is 0 Å². The summed E-state index contributed by atoms with van der Waals surface area (Å²) in [6.07, 6.45) is 2.74. The molecule has 1 aliphatic rings. The van der Waals surface area contributed by atoms with E-state index >= 15 is 0 Å². The molecule has 0 aromatic carbocycles. The molecule has 3 heterocycles. The molecular formula is C13H16ClN5. The van der Waals surface area contributed by atoms with Crippen LogP contribution < -0.4 is 5.32 Å². The predicted octanol–water partition coefficient (Wildman–Crippen LogP) is 2.08. The molecule has 2 aromatic heterocycles. The van der Waals surface area contributed by atoms with E-state index in [1.54, 1.807) is 4.80 Å². The molecule has 0 saturated carbocycles. The summed E-state index contributed by atoms with van der Waals surface area (Å²) in [5.41, 5.74) is 3.13. The fraction of sp³-hybridized carbons (Fsp3) is 0.462. The number of hydrogen-bond acceptors (Lipinski definition) is 4. The van der Waals surface area contributed by atoms with Crippen LogP contribution in [0.1, 0.15) is 36.7 Å². The van der Waals surface area contributed by atoms with Crippen LogP contribution in [0.3, 0.4) is 0 Å². The van der Waals surface area contributed by atoms with Crippen molar-refractivity contribution in [2.24, 2.45) is 0 Å². The van der Waals surface area contributed by atoms with Crippen molar-refractivity contribution in [1.82, 2.24) is 25.3 Å². The number of fused-ring (bicyclic) bond motifs is 1. The Morgan fingerprint density at radius 1 is 1.32 bits per heavy atom. The fourth-order valence-corrected chi connectivity index (χ4v) is 2.37. The van der Waals surface area contributed by atoms with E-state index in [-0.39, 0.29) is 0 Å². The van der Waals surface area contributed by atoms with E-state index in [2.05, 4.69) is 34.3 Å². The second kappa shape index (κ2) is 4.90. The third-order valence-corrected chi connectivity index (χ3v) is 3.57. The molecule has 2 aromatic rings. The van der Waals surface area contributed by atoms with Crippen LogP contribution in [0.4, 0.5) is 0 Å². The van der Waals surface area contributed by atoms with Crippen LogP contribution in [0, 0.1) is 0 Å². The Balaban J connectivity index is 2.00. The lowest BCUT2D eigenvalue weighted by Gasteiger charge is -2.07. The van der Waals surface area contributed by atoms with E-state index in [1.165, 1.54) is 0 Å². The van der Waals surface area contributed by atoms with Crippen molar-refractivity contribution in [3.63, 3.8) is 0 Å². The maximum absolute atomic E-state index is 6.29. The van der Waals surface area contributed by atoms with E-state index in [0.717, 1.165) is 36.5 Å². The Labute approximate surface area is 117 Å². The van der Waals surface area contributed by atoms with E-state index in [1.807, 2.05) is 12.3 Å². The highest BCUT2D eigenvalue weighted by Gasteiger charge is 2.17. The standard InChI is InChI=1S/C13H16ClN5/c1-8(2)9-5-10(14)13(16-6-9)19-17-11-3-4-15-7-12(11)18-19/h5-6,8,15H,3-4,7H2,1-2H3. The minimum atomic E-state index is 0.405. The summed E-state index contributed by atoms with van der Waals surface area (Å²) in [5, 5.41) is 12.8. The van der Waals surface area contributed by atoms with E-state index < -0.39 is 0 Å². The second-order valence-corrected chi connectivity index (χ2v) is 5.45. The fourth-order valence-electron chi connectivity index (χ4n) is 2.11. The molecule has 0 fully saturated rings. The minimum absolute atomic E-state index is 0.405. The molecule has 0 saturated heterocycles. The lowest BCUT2D eigenvalue weighted by molar-refractivity contribution is 0.627. The summed E-state index contributed by atoms with van der Waals surface area (Å²) in [6.45, 7) is 5.93. The molecule has 6 heteroatoms. The molecule has 0 aliphatic carbocycles. The zero-order valence-electron chi connectivity index (χ0n) is 11.0. The Kier molecular flexibility index (Phi) is 3.24. The van der Waals surface area contributed by atoms with Crippen molar-refractivity contribution in [2.75, 3.05) is 6.54 Å². The highest BCUT2D eigenvalue weighted by atomic mass is 35.5. The molecule has 0 bridgehead atoms. The predicted molar refractivity (Wildman–Crippen MR) is 73.7 cm³/mol. The van der Waals surface area contributed by atoms with Crippen molar-refractivity contribution in [2.45, 2.75) is 32.7 Å². The summed E-state index contributed by atoms with van der Waals surface area (Å²) in [6, 6.07) is 1.94. The third kappa shape index (κ3) is 2.35. The van der Waals surface area contributed by atoms with Gasteiger partial charge in [-0.1, -0.05) is 25.4 Å². The summed E-state index contributed by atoms with van der Waals surface area (Å²) in [5.74, 6) is 1.00. The highest BCUT2D eigenvalue weighted by molar-refractivity contribution is 6.32. The second-order valence-electron chi connectivity index (χ2n) is 5.04. The van der Waals surface area contributed by atoms with Gasteiger partial charge in [-0.3, -0.25) is 0 Å². The van der Waals surface area contributed by atoms with Gasteiger partial charge in [0.05, 0.1) is 10.7 Å². The average Bonchev–Trinajstić information content (AvgIpc) is 2.81. The molecule has 0 spiro atoms. The van der Waals surface area contributed by atoms with E-state index in [0.29, 0.717) is 16.8 Å². The Morgan fingerprint density at radius 2 is 2.11 bits per heavy atom. The number of hydrogen-bond donors (Lipinski definition) is 1. The molecule has 19 heavy (non-hydrogen) atoms. The number of nitrogens with one attached hydrogen (secondary N) is 1. The van der Waals surface area contributed by atoms with Gasteiger partial charge in [0.25, 0.3) is 0 Å². The normalized spacial score (nSPS) is 14.7. The number of pyridine rings is 1. The zero-order chi connectivity index (χ0) is 13.4. The molecular weight excluding hydrogens is 262 g/mol. The number of halogens is 1. The maximum atomic E-state index is 6.29. The van der Waals surface area contributed by atoms with Crippen LogP contribution in [0.5, 0.6) is 0 Å². The van der Waals surface area contributed by atoms with E-state index in [4.69, 9.17) is 11.6 Å². The SMILES string of the molecule is CC(C)c1cnc(-n2nc3c(n2)CNCC3)c(Cl)c1. The van der Waals surface area contributed by atoms with Crippen molar-refractivity contribution >= 4 is 11.6 Å². The van der Waals surface area contributed by atoms with E-state index in [9.17, 15) is 0 Å². The van der Waals surface area contributed by atoms with Crippen LogP contribution in [-0.4, -0.2) is 26.5 Å². The van der Waals surface area contributed by atoms with Crippen LogP contribution in [0.2, 0.25) is 5.02 Å². The topological polar surface area (TPSA) is 55.6 Å². The number of aromatic nitrogens is 4. The van der Waals surface area contributed by atoms with Crippen molar-refractivity contribution in [1.29, 1.82) is 0 Å². The Hall–Kier alpha value is -1.46. The van der Waals surface area contributed by atoms with Gasteiger partial charge < -0.3 is 5.32 Å². The summed E-state index contributed by atoms with van der Waals surface area (Å²) >= 11 is 6.29. The Morgan fingerprint density at radius 3 is 2.79 bits per heavy atom. The van der Waals surface area contributed by atoms with Crippen molar-refractivity contribution in [3.05, 3.63) is 34.2 Å². The summed E-state index contributed by atoms with van der Waals surface area (Å²) in [7, 11) is 0. The molecule has 1 aliphatic heterocycles. The zero-order valence-corrected chi connectivity index (χ0v) is 11.8. The smallest absolute Gasteiger partial charge is 0.193 e. The van der Waals surface area contributed by atoms with Crippen LogP contribution in [0.15, 0.2) is 12.3 Å². The van der Waals surface area contributed by atoms with Gasteiger partial charge in [-0.2, -0.15) is 10.2 Å². The maximum Gasteiger partial charge on any atom is 0.193 e. The third-order valence-electron chi connectivity index (χ3n) is 3.29. The van der Waals surface area contributed by atoms with Crippen LogP contribution in [0.25, 0.3) is 5.82 Å². The Bertz CT molecular complexity index is 582. The van der Waals surface area contributed by atoms with Crippen LogP contribution >= 0.6 is 11.6 Å².